The molecule has 1 fully saturated rings. The van der Waals surface area contributed by atoms with E-state index in [1.807, 2.05) is 20.8 Å². The lowest BCUT2D eigenvalue weighted by molar-refractivity contribution is 0.362. The molecule has 1 aliphatic heterocycles. The van der Waals surface area contributed by atoms with E-state index in [0.29, 0.717) is 12.0 Å². The van der Waals surface area contributed by atoms with Crippen LogP contribution in [0.5, 0.6) is 0 Å². The zero-order valence-electron chi connectivity index (χ0n) is 9.93. The largest absolute Gasteiger partial charge is 0.314 e. The normalized spacial score (nSPS) is 27.6. The first-order valence-electron chi connectivity index (χ1n) is 5.68. The number of hydrogen-bond acceptors (Lipinski definition) is 2. The summed E-state index contributed by atoms with van der Waals surface area (Å²) in [4.78, 5) is 0. The van der Waals surface area contributed by atoms with Crippen molar-refractivity contribution in [2.24, 2.45) is 5.92 Å². The first-order chi connectivity index (χ1) is 6.77. The third kappa shape index (κ3) is 4.05. The molecule has 1 heterocycles. The molecule has 0 aliphatic carbocycles. The van der Waals surface area contributed by atoms with Gasteiger partial charge >= 0.3 is 0 Å². The number of hydrogen-bond donors (Lipinski definition) is 2. The summed E-state index contributed by atoms with van der Waals surface area (Å²) in [6, 6.07) is 0.657. The Hall–Kier alpha value is -0.630. The fraction of sp³-hybridized carbons (Fsp3) is 0.750. The van der Waals surface area contributed by atoms with E-state index in [4.69, 9.17) is 5.41 Å². The van der Waals surface area contributed by atoms with Crippen molar-refractivity contribution in [2.45, 2.75) is 46.6 Å². The van der Waals surface area contributed by atoms with E-state index in [-0.39, 0.29) is 0 Å². The van der Waals surface area contributed by atoms with Gasteiger partial charge in [-0.1, -0.05) is 19.9 Å². The lowest BCUT2D eigenvalue weighted by atomic mass is 9.89. The third-order valence-corrected chi connectivity index (χ3v) is 2.63. The molecule has 0 aromatic heterocycles. The molecule has 1 rings (SSSR count). The molecule has 14 heavy (non-hydrogen) atoms. The number of piperidine rings is 1. The lowest BCUT2D eigenvalue weighted by Crippen LogP contribution is -2.37. The Labute approximate surface area is 88.3 Å². The highest BCUT2D eigenvalue weighted by Gasteiger charge is 2.18. The lowest BCUT2D eigenvalue weighted by Gasteiger charge is -2.28. The van der Waals surface area contributed by atoms with Crippen molar-refractivity contribution in [3.8, 4) is 0 Å². The Kier molecular flexibility index (Phi) is 7.40. The van der Waals surface area contributed by atoms with Crippen LogP contribution in [0.25, 0.3) is 0 Å². The van der Waals surface area contributed by atoms with Crippen LogP contribution >= 0.6 is 0 Å². The van der Waals surface area contributed by atoms with Gasteiger partial charge in [0, 0.05) is 18.8 Å². The maximum atomic E-state index is 7.23. The minimum atomic E-state index is 0.573. The maximum Gasteiger partial charge on any atom is 0.0209 e. The van der Waals surface area contributed by atoms with Crippen molar-refractivity contribution in [2.75, 3.05) is 6.54 Å². The van der Waals surface area contributed by atoms with E-state index in [0.717, 1.165) is 6.54 Å². The third-order valence-electron chi connectivity index (χ3n) is 2.63. The second-order valence-corrected chi connectivity index (χ2v) is 3.52. The molecule has 82 valence electrons. The monoisotopic (exact) mass is 196 g/mol. The average Bonchev–Trinajstić information content (AvgIpc) is 2.25. The van der Waals surface area contributed by atoms with E-state index in [9.17, 15) is 0 Å². The number of allylic oxidation sites excluding steroid dienone is 1. The van der Waals surface area contributed by atoms with Crippen LogP contribution < -0.4 is 5.32 Å². The fourth-order valence-electron chi connectivity index (χ4n) is 1.72. The zero-order valence-corrected chi connectivity index (χ0v) is 9.93. The number of nitrogens with one attached hydrogen (secondary N) is 2. The summed E-state index contributed by atoms with van der Waals surface area (Å²) in [7, 11) is 0. The van der Waals surface area contributed by atoms with Crippen LogP contribution in [0.15, 0.2) is 11.6 Å². The van der Waals surface area contributed by atoms with Crippen LogP contribution in [0.2, 0.25) is 0 Å². The maximum absolute atomic E-state index is 7.23. The molecule has 0 amide bonds. The van der Waals surface area contributed by atoms with Gasteiger partial charge in [0.05, 0.1) is 0 Å². The van der Waals surface area contributed by atoms with Crippen LogP contribution in [0.1, 0.15) is 40.5 Å². The summed E-state index contributed by atoms with van der Waals surface area (Å²) in [5.74, 6) is 0.573. The Balaban J connectivity index is 0.000000791. The second-order valence-electron chi connectivity index (χ2n) is 3.52. The second kappa shape index (κ2) is 7.74. The van der Waals surface area contributed by atoms with Crippen molar-refractivity contribution in [3.05, 3.63) is 11.6 Å². The standard InChI is InChI=1S/C10H18N2.C2H6/c1-3-9(6-11)10-5-4-8(2)12-7-10;1-2/h3,6,8,10-12H,4-5,7H2,1-2H3;1-2H3/b9-3+,11-6?;. The SMILES string of the molecule is C/C=C(\C=N)C1CCC(C)NC1.CC. The first kappa shape index (κ1) is 13.4. The molecule has 2 nitrogen and oxygen atoms in total. The summed E-state index contributed by atoms with van der Waals surface area (Å²) in [6.07, 6.45) is 6.00. The minimum Gasteiger partial charge on any atom is -0.314 e. The average molecular weight is 196 g/mol. The molecular formula is C12H24N2. The Bertz CT molecular complexity index is 177. The fourth-order valence-corrected chi connectivity index (χ4v) is 1.72. The van der Waals surface area contributed by atoms with Gasteiger partial charge in [0.1, 0.15) is 0 Å². The van der Waals surface area contributed by atoms with Crippen LogP contribution in [0, 0.1) is 11.3 Å². The van der Waals surface area contributed by atoms with Crippen molar-refractivity contribution in [3.63, 3.8) is 0 Å². The minimum absolute atomic E-state index is 0.573. The van der Waals surface area contributed by atoms with Crippen molar-refractivity contribution in [1.29, 1.82) is 5.41 Å². The summed E-state index contributed by atoms with van der Waals surface area (Å²) >= 11 is 0. The molecule has 1 saturated heterocycles. The predicted molar refractivity (Wildman–Crippen MR) is 64.1 cm³/mol. The van der Waals surface area contributed by atoms with Gasteiger partial charge in [-0.3, -0.25) is 0 Å². The van der Waals surface area contributed by atoms with Crippen molar-refractivity contribution in [1.82, 2.24) is 5.32 Å². The van der Waals surface area contributed by atoms with Gasteiger partial charge in [0.25, 0.3) is 0 Å². The smallest absolute Gasteiger partial charge is 0.0209 e. The molecule has 2 unspecified atom stereocenters. The van der Waals surface area contributed by atoms with E-state index < -0.39 is 0 Å². The van der Waals surface area contributed by atoms with E-state index >= 15 is 0 Å². The van der Waals surface area contributed by atoms with Crippen LogP contribution in [0.3, 0.4) is 0 Å². The molecule has 2 heteroatoms. The van der Waals surface area contributed by atoms with E-state index in [2.05, 4.69) is 18.3 Å². The molecule has 0 aromatic rings. The molecule has 0 aromatic carbocycles. The van der Waals surface area contributed by atoms with E-state index in [1.54, 1.807) is 0 Å². The summed E-state index contributed by atoms with van der Waals surface area (Å²) in [5, 5.41) is 10.7. The zero-order chi connectivity index (χ0) is 11.0. The quantitative estimate of drug-likeness (QED) is 0.654. The molecule has 0 bridgehead atoms. The predicted octanol–water partition coefficient (Wildman–Crippen LogP) is 3.00. The van der Waals surface area contributed by atoms with Crippen LogP contribution in [0.4, 0.5) is 0 Å². The van der Waals surface area contributed by atoms with E-state index in [1.165, 1.54) is 24.6 Å². The van der Waals surface area contributed by atoms with Gasteiger partial charge in [-0.05, 0) is 38.2 Å². The summed E-state index contributed by atoms with van der Waals surface area (Å²) in [6.45, 7) is 9.27. The highest BCUT2D eigenvalue weighted by molar-refractivity contribution is 5.76. The molecule has 0 spiro atoms. The topological polar surface area (TPSA) is 35.9 Å². The summed E-state index contributed by atoms with van der Waals surface area (Å²) in [5.41, 5.74) is 1.18. The molecule has 1 aliphatic rings. The molecule has 0 radical (unpaired) electrons. The van der Waals surface area contributed by atoms with Crippen LogP contribution in [-0.4, -0.2) is 18.8 Å². The highest BCUT2D eigenvalue weighted by atomic mass is 14.9. The molecule has 2 atom stereocenters. The Morgan fingerprint density at radius 3 is 2.36 bits per heavy atom. The Morgan fingerprint density at radius 1 is 1.36 bits per heavy atom. The van der Waals surface area contributed by atoms with Gasteiger partial charge in [-0.25, -0.2) is 0 Å². The summed E-state index contributed by atoms with van der Waals surface area (Å²) < 4.78 is 0. The molecular weight excluding hydrogens is 172 g/mol. The highest BCUT2D eigenvalue weighted by Crippen LogP contribution is 2.20. The van der Waals surface area contributed by atoms with Gasteiger partial charge in [0.15, 0.2) is 0 Å². The Morgan fingerprint density at radius 2 is 2.00 bits per heavy atom. The molecule has 0 saturated carbocycles. The van der Waals surface area contributed by atoms with Gasteiger partial charge in [-0.15, -0.1) is 0 Å². The first-order valence-corrected chi connectivity index (χ1v) is 5.68. The number of rotatable bonds is 2. The van der Waals surface area contributed by atoms with Crippen LogP contribution in [-0.2, 0) is 0 Å². The van der Waals surface area contributed by atoms with Crippen molar-refractivity contribution >= 4 is 6.21 Å². The molecule has 2 N–H and O–H groups in total. The van der Waals surface area contributed by atoms with Crippen molar-refractivity contribution < 1.29 is 0 Å². The van der Waals surface area contributed by atoms with Gasteiger partial charge in [-0.2, -0.15) is 0 Å². The van der Waals surface area contributed by atoms with Gasteiger partial charge < -0.3 is 10.7 Å². The van der Waals surface area contributed by atoms with Gasteiger partial charge in [0.2, 0.25) is 0 Å².